The van der Waals surface area contributed by atoms with E-state index in [1.807, 2.05) is 0 Å². The van der Waals surface area contributed by atoms with Crippen molar-refractivity contribution in [3.63, 3.8) is 0 Å². The van der Waals surface area contributed by atoms with Crippen molar-refractivity contribution in [2.75, 3.05) is 25.1 Å². The van der Waals surface area contributed by atoms with E-state index in [4.69, 9.17) is 21.1 Å². The molecule has 4 rings (SSSR count). The number of nitrogens with one attached hydrogen (secondary N) is 1. The smallest absolute Gasteiger partial charge is 0.264 e. The van der Waals surface area contributed by atoms with Gasteiger partial charge in [-0.2, -0.15) is 0 Å². The van der Waals surface area contributed by atoms with Gasteiger partial charge in [0.05, 0.1) is 24.8 Å². The molecule has 0 heterocycles. The van der Waals surface area contributed by atoms with Crippen LogP contribution in [0.2, 0.25) is 5.02 Å². The van der Waals surface area contributed by atoms with Gasteiger partial charge in [-0.1, -0.05) is 67.3 Å². The van der Waals surface area contributed by atoms with E-state index in [1.165, 1.54) is 37.3 Å². The zero-order valence-electron chi connectivity index (χ0n) is 24.7. The fourth-order valence-corrected chi connectivity index (χ4v) is 6.81. The summed E-state index contributed by atoms with van der Waals surface area (Å²) in [5, 5.41) is 3.53. The third-order valence-electron chi connectivity index (χ3n) is 7.68. The molecule has 1 saturated carbocycles. The largest absolute Gasteiger partial charge is 0.493 e. The first-order chi connectivity index (χ1) is 20.6. The second-order valence-electron chi connectivity index (χ2n) is 10.5. The molecule has 1 fully saturated rings. The molecule has 0 aromatic heterocycles. The molecule has 3 aromatic rings. The van der Waals surface area contributed by atoms with E-state index < -0.39 is 28.5 Å². The van der Waals surface area contributed by atoms with Crippen LogP contribution in [0.15, 0.2) is 77.7 Å². The van der Waals surface area contributed by atoms with Crippen LogP contribution in [0.3, 0.4) is 0 Å². The number of rotatable bonds is 12. The zero-order valence-corrected chi connectivity index (χ0v) is 26.2. The highest BCUT2D eigenvalue weighted by atomic mass is 35.5. The molecule has 9 nitrogen and oxygen atoms in total. The third kappa shape index (κ3) is 7.80. The number of benzene rings is 3. The second kappa shape index (κ2) is 14.6. The highest BCUT2D eigenvalue weighted by Gasteiger charge is 2.33. The van der Waals surface area contributed by atoms with Crippen molar-refractivity contribution < 1.29 is 27.5 Å². The lowest BCUT2D eigenvalue weighted by Crippen LogP contribution is -2.53. The minimum atomic E-state index is -4.21. The molecule has 230 valence electrons. The molecule has 2 amide bonds. The van der Waals surface area contributed by atoms with Crippen molar-refractivity contribution in [3.05, 3.63) is 83.4 Å². The number of carbonyl (C=O) groups is 2. The normalized spacial score (nSPS) is 14.4. The fourth-order valence-electron chi connectivity index (χ4n) is 5.19. The minimum Gasteiger partial charge on any atom is -0.493 e. The van der Waals surface area contributed by atoms with Crippen molar-refractivity contribution in [1.82, 2.24) is 10.2 Å². The van der Waals surface area contributed by atoms with E-state index >= 15 is 0 Å². The van der Waals surface area contributed by atoms with Gasteiger partial charge < -0.3 is 19.7 Å². The maximum Gasteiger partial charge on any atom is 0.264 e. The first-order valence-corrected chi connectivity index (χ1v) is 16.1. The summed E-state index contributed by atoms with van der Waals surface area (Å²) in [5.74, 6) is -0.159. The highest BCUT2D eigenvalue weighted by Crippen LogP contribution is 2.34. The van der Waals surface area contributed by atoms with Crippen LogP contribution in [0.1, 0.15) is 44.6 Å². The Hall–Kier alpha value is -3.76. The number of hydrogen-bond acceptors (Lipinski definition) is 6. The summed E-state index contributed by atoms with van der Waals surface area (Å²) in [6.45, 7) is 1.10. The SMILES string of the molecule is COc1ccc(N(CC(=O)N(Cc2ccccc2Cl)[C@@H](C)C(=O)NC2CCCCC2)S(=O)(=O)c2ccccc2)cc1OC. The lowest BCUT2D eigenvalue weighted by atomic mass is 9.95. The lowest BCUT2D eigenvalue weighted by Gasteiger charge is -2.33. The van der Waals surface area contributed by atoms with Gasteiger partial charge in [0.15, 0.2) is 11.5 Å². The summed E-state index contributed by atoms with van der Waals surface area (Å²) in [6, 6.07) is 18.7. The molecule has 0 spiro atoms. The number of halogens is 1. The van der Waals surface area contributed by atoms with Gasteiger partial charge in [-0.3, -0.25) is 13.9 Å². The van der Waals surface area contributed by atoms with Crippen LogP contribution in [-0.2, 0) is 26.2 Å². The fraction of sp³-hybridized carbons (Fsp3) is 0.375. The van der Waals surface area contributed by atoms with Gasteiger partial charge in [0, 0.05) is 23.7 Å². The number of ether oxygens (including phenoxy) is 2. The molecule has 11 heteroatoms. The number of sulfonamides is 1. The Morgan fingerprint density at radius 2 is 1.58 bits per heavy atom. The molecule has 0 saturated heterocycles. The maximum absolute atomic E-state index is 14.2. The third-order valence-corrected chi connectivity index (χ3v) is 9.84. The first-order valence-electron chi connectivity index (χ1n) is 14.3. The van der Waals surface area contributed by atoms with E-state index in [9.17, 15) is 18.0 Å². The van der Waals surface area contributed by atoms with Gasteiger partial charge in [0.2, 0.25) is 11.8 Å². The Labute approximate surface area is 258 Å². The van der Waals surface area contributed by atoms with Crippen molar-refractivity contribution >= 4 is 39.1 Å². The quantitative estimate of drug-likeness (QED) is 0.288. The van der Waals surface area contributed by atoms with Crippen LogP contribution in [-0.4, -0.2) is 58.0 Å². The van der Waals surface area contributed by atoms with E-state index in [0.29, 0.717) is 22.1 Å². The summed E-state index contributed by atoms with van der Waals surface area (Å²) in [6.07, 6.45) is 5.00. The average molecular weight is 628 g/mol. The second-order valence-corrected chi connectivity index (χ2v) is 12.8. The van der Waals surface area contributed by atoms with Gasteiger partial charge in [0.25, 0.3) is 10.0 Å². The van der Waals surface area contributed by atoms with Crippen LogP contribution in [0.25, 0.3) is 0 Å². The molecular weight excluding hydrogens is 590 g/mol. The van der Waals surface area contributed by atoms with Gasteiger partial charge in [-0.25, -0.2) is 8.42 Å². The van der Waals surface area contributed by atoms with Crippen LogP contribution < -0.4 is 19.1 Å². The van der Waals surface area contributed by atoms with Crippen LogP contribution in [0, 0.1) is 0 Å². The van der Waals surface area contributed by atoms with Crippen molar-refractivity contribution in [2.24, 2.45) is 0 Å². The molecule has 1 N–H and O–H groups in total. The Balaban J connectivity index is 1.72. The molecule has 1 aliphatic carbocycles. The summed E-state index contributed by atoms with van der Waals surface area (Å²) >= 11 is 6.46. The summed E-state index contributed by atoms with van der Waals surface area (Å²) in [5.41, 5.74) is 0.838. The van der Waals surface area contributed by atoms with Gasteiger partial charge in [-0.05, 0) is 55.7 Å². The number of nitrogens with zero attached hydrogens (tertiary/aromatic N) is 2. The maximum atomic E-state index is 14.2. The van der Waals surface area contributed by atoms with E-state index in [2.05, 4.69) is 5.32 Å². The standard InChI is InChI=1S/C32H38ClN3O6S/c1-23(32(38)34-25-13-6-4-7-14-25)35(21-24-12-10-11-17-28(24)33)31(37)22-36(43(39,40)27-15-8-5-9-16-27)26-18-19-29(41-2)30(20-26)42-3/h5,8-12,15-20,23,25H,4,6-7,13-14,21-22H2,1-3H3,(H,34,38)/t23-/m0/s1. The summed E-state index contributed by atoms with van der Waals surface area (Å²) < 4.78 is 39.8. The molecule has 43 heavy (non-hydrogen) atoms. The highest BCUT2D eigenvalue weighted by molar-refractivity contribution is 7.92. The van der Waals surface area contributed by atoms with Crippen molar-refractivity contribution in [1.29, 1.82) is 0 Å². The van der Waals surface area contributed by atoms with E-state index in [-0.39, 0.29) is 29.1 Å². The number of carbonyl (C=O) groups excluding carboxylic acids is 2. The zero-order chi connectivity index (χ0) is 31.0. The lowest BCUT2D eigenvalue weighted by molar-refractivity contribution is -0.139. The first kappa shape index (κ1) is 32.2. The molecular formula is C32H38ClN3O6S. The minimum absolute atomic E-state index is 0.0123. The van der Waals surface area contributed by atoms with Gasteiger partial charge in [0.1, 0.15) is 12.6 Å². The van der Waals surface area contributed by atoms with E-state index in [1.54, 1.807) is 61.5 Å². The predicted octanol–water partition coefficient (Wildman–Crippen LogP) is 5.42. The van der Waals surface area contributed by atoms with Crippen LogP contribution in [0.5, 0.6) is 11.5 Å². The molecule has 0 aliphatic heterocycles. The van der Waals surface area contributed by atoms with Crippen molar-refractivity contribution in [3.8, 4) is 11.5 Å². The number of amides is 2. The van der Waals surface area contributed by atoms with Gasteiger partial charge >= 0.3 is 0 Å². The number of methoxy groups -OCH3 is 2. The Morgan fingerprint density at radius 1 is 0.930 bits per heavy atom. The molecule has 1 atom stereocenters. The molecule has 3 aromatic carbocycles. The Bertz CT molecular complexity index is 1510. The number of anilines is 1. The van der Waals surface area contributed by atoms with Crippen molar-refractivity contribution in [2.45, 2.75) is 62.6 Å². The monoisotopic (exact) mass is 627 g/mol. The van der Waals surface area contributed by atoms with Crippen LogP contribution in [0.4, 0.5) is 5.69 Å². The molecule has 0 radical (unpaired) electrons. The molecule has 0 bridgehead atoms. The topological polar surface area (TPSA) is 105 Å². The molecule has 1 aliphatic rings. The van der Waals surface area contributed by atoms with E-state index in [0.717, 1.165) is 36.4 Å². The summed E-state index contributed by atoms with van der Waals surface area (Å²) in [7, 11) is -1.29. The summed E-state index contributed by atoms with van der Waals surface area (Å²) in [4.78, 5) is 29.0. The van der Waals surface area contributed by atoms with Gasteiger partial charge in [-0.15, -0.1) is 0 Å². The molecule has 0 unspecified atom stereocenters. The predicted molar refractivity (Wildman–Crippen MR) is 167 cm³/mol. The average Bonchev–Trinajstić information content (AvgIpc) is 3.03. The van der Waals surface area contributed by atoms with Crippen LogP contribution >= 0.6 is 11.6 Å². The Morgan fingerprint density at radius 3 is 2.23 bits per heavy atom. The Kier molecular flexibility index (Phi) is 10.9. The number of hydrogen-bond donors (Lipinski definition) is 1.